The van der Waals surface area contributed by atoms with Crippen molar-refractivity contribution in [3.63, 3.8) is 0 Å². The maximum absolute atomic E-state index is 12.7. The van der Waals surface area contributed by atoms with Gasteiger partial charge in [-0.15, -0.1) is 0 Å². The second kappa shape index (κ2) is 11.0. The second-order valence-electron chi connectivity index (χ2n) is 7.16. The Morgan fingerprint density at radius 2 is 1.83 bits per heavy atom. The third-order valence-corrected chi connectivity index (χ3v) is 4.88. The van der Waals surface area contributed by atoms with Crippen LogP contribution in [0.5, 0.6) is 0 Å². The van der Waals surface area contributed by atoms with Gasteiger partial charge in [0.1, 0.15) is 0 Å². The summed E-state index contributed by atoms with van der Waals surface area (Å²) in [6, 6.07) is 17.5. The summed E-state index contributed by atoms with van der Waals surface area (Å²) in [5, 5.41) is 9.30. The summed E-state index contributed by atoms with van der Waals surface area (Å²) in [4.78, 5) is 26.2. The van der Waals surface area contributed by atoms with E-state index in [-0.39, 0.29) is 17.8 Å². The molecule has 0 bridgehead atoms. The number of nitrogens with zero attached hydrogens (tertiary/aromatic N) is 2. The first-order valence-corrected chi connectivity index (χ1v) is 9.94. The lowest BCUT2D eigenvalue weighted by atomic mass is 9.99. The zero-order valence-electron chi connectivity index (χ0n) is 17.4. The first kappa shape index (κ1) is 22.2. The average molecular weight is 392 g/mol. The summed E-state index contributed by atoms with van der Waals surface area (Å²) in [6.45, 7) is 4.58. The molecule has 2 aromatic carbocycles. The van der Waals surface area contributed by atoms with Gasteiger partial charge in [0, 0.05) is 19.5 Å². The fourth-order valence-electron chi connectivity index (χ4n) is 3.19. The number of esters is 1. The van der Waals surface area contributed by atoms with Crippen molar-refractivity contribution in [2.45, 2.75) is 39.7 Å². The number of benzene rings is 2. The number of hydrogen-bond acceptors (Lipinski definition) is 4. The lowest BCUT2D eigenvalue weighted by Gasteiger charge is -2.25. The van der Waals surface area contributed by atoms with Gasteiger partial charge in [0.15, 0.2) is 0 Å². The molecule has 5 heteroatoms. The van der Waals surface area contributed by atoms with Crippen molar-refractivity contribution in [3.05, 3.63) is 59.7 Å². The Morgan fingerprint density at radius 1 is 1.14 bits per heavy atom. The van der Waals surface area contributed by atoms with E-state index in [2.05, 4.69) is 6.07 Å². The highest BCUT2D eigenvalue weighted by Crippen LogP contribution is 2.24. The van der Waals surface area contributed by atoms with Gasteiger partial charge >= 0.3 is 5.97 Å². The fourth-order valence-corrected chi connectivity index (χ4v) is 3.19. The smallest absolute Gasteiger partial charge is 0.310 e. The SMILES string of the molecule is CCCCC(=O)N(Cc1ccc(-c2ccccc2C#N)cc1)CC(C)C(=O)OC. The minimum atomic E-state index is -0.382. The van der Waals surface area contributed by atoms with Crippen molar-refractivity contribution in [3.8, 4) is 17.2 Å². The average Bonchev–Trinajstić information content (AvgIpc) is 2.76. The molecule has 2 aromatic rings. The number of hydrogen-bond donors (Lipinski definition) is 0. The molecule has 0 aromatic heterocycles. The zero-order valence-corrected chi connectivity index (χ0v) is 17.4. The van der Waals surface area contributed by atoms with E-state index in [0.717, 1.165) is 29.5 Å². The fraction of sp³-hybridized carbons (Fsp3) is 0.375. The van der Waals surface area contributed by atoms with Crippen LogP contribution in [-0.4, -0.2) is 30.4 Å². The third kappa shape index (κ3) is 6.18. The van der Waals surface area contributed by atoms with Crippen LogP contribution in [0, 0.1) is 17.2 Å². The molecule has 1 unspecified atom stereocenters. The Hall–Kier alpha value is -3.13. The zero-order chi connectivity index (χ0) is 21.2. The first-order valence-electron chi connectivity index (χ1n) is 9.94. The molecule has 0 aliphatic heterocycles. The monoisotopic (exact) mass is 392 g/mol. The summed E-state index contributed by atoms with van der Waals surface area (Å²) in [6.07, 6.45) is 2.24. The summed E-state index contributed by atoms with van der Waals surface area (Å²) in [5.41, 5.74) is 3.45. The molecule has 0 aliphatic carbocycles. The van der Waals surface area contributed by atoms with Gasteiger partial charge in [-0.25, -0.2) is 0 Å². The molecule has 2 rings (SSSR count). The summed E-state index contributed by atoms with van der Waals surface area (Å²) in [5.74, 6) is -0.657. The van der Waals surface area contributed by atoms with Crippen molar-refractivity contribution < 1.29 is 14.3 Å². The van der Waals surface area contributed by atoms with Crippen LogP contribution in [0.4, 0.5) is 0 Å². The molecule has 5 nitrogen and oxygen atoms in total. The first-order chi connectivity index (χ1) is 14.0. The minimum Gasteiger partial charge on any atom is -0.469 e. The molecule has 0 fully saturated rings. The van der Waals surface area contributed by atoms with Crippen LogP contribution >= 0.6 is 0 Å². The molecule has 152 valence electrons. The molecule has 1 amide bonds. The van der Waals surface area contributed by atoms with E-state index in [0.29, 0.717) is 25.1 Å². The van der Waals surface area contributed by atoms with Crippen molar-refractivity contribution in [2.24, 2.45) is 5.92 Å². The number of nitriles is 1. The van der Waals surface area contributed by atoms with Gasteiger partial charge in [-0.3, -0.25) is 9.59 Å². The molecule has 29 heavy (non-hydrogen) atoms. The summed E-state index contributed by atoms with van der Waals surface area (Å²) in [7, 11) is 1.36. The van der Waals surface area contributed by atoms with Crippen LogP contribution in [0.25, 0.3) is 11.1 Å². The van der Waals surface area contributed by atoms with Gasteiger partial charge in [0.25, 0.3) is 0 Å². The van der Waals surface area contributed by atoms with E-state index in [1.807, 2.05) is 49.4 Å². The largest absolute Gasteiger partial charge is 0.469 e. The summed E-state index contributed by atoms with van der Waals surface area (Å²) >= 11 is 0. The highest BCUT2D eigenvalue weighted by atomic mass is 16.5. The van der Waals surface area contributed by atoms with Gasteiger partial charge in [-0.1, -0.05) is 62.7 Å². The number of carbonyl (C=O) groups is 2. The molecular formula is C24H28N2O3. The summed E-state index contributed by atoms with van der Waals surface area (Å²) < 4.78 is 4.81. The molecule has 0 aliphatic rings. The lowest BCUT2D eigenvalue weighted by Crippen LogP contribution is -2.36. The predicted octanol–water partition coefficient (Wildman–Crippen LogP) is 4.55. The minimum absolute atomic E-state index is 0.0431. The Kier molecular flexibility index (Phi) is 8.42. The van der Waals surface area contributed by atoms with Crippen LogP contribution in [0.3, 0.4) is 0 Å². The topological polar surface area (TPSA) is 70.4 Å². The Labute approximate surface area is 172 Å². The van der Waals surface area contributed by atoms with Crippen LogP contribution in [0.1, 0.15) is 44.2 Å². The maximum atomic E-state index is 12.7. The molecule has 0 N–H and O–H groups in total. The van der Waals surface area contributed by atoms with E-state index in [1.54, 1.807) is 17.9 Å². The predicted molar refractivity (Wildman–Crippen MR) is 113 cm³/mol. The van der Waals surface area contributed by atoms with Gasteiger partial charge < -0.3 is 9.64 Å². The van der Waals surface area contributed by atoms with Crippen molar-refractivity contribution in [2.75, 3.05) is 13.7 Å². The van der Waals surface area contributed by atoms with Crippen LogP contribution in [-0.2, 0) is 20.9 Å². The molecule has 0 saturated heterocycles. The molecular weight excluding hydrogens is 364 g/mol. The van der Waals surface area contributed by atoms with Gasteiger partial charge in [-0.2, -0.15) is 5.26 Å². The number of ether oxygens (including phenoxy) is 1. The van der Waals surface area contributed by atoms with Gasteiger partial charge in [0.05, 0.1) is 24.7 Å². The van der Waals surface area contributed by atoms with E-state index < -0.39 is 0 Å². The molecule has 1 atom stereocenters. The van der Waals surface area contributed by atoms with Crippen LogP contribution < -0.4 is 0 Å². The number of amides is 1. The number of carbonyl (C=O) groups excluding carboxylic acids is 2. The van der Waals surface area contributed by atoms with E-state index in [1.165, 1.54) is 7.11 Å². The van der Waals surface area contributed by atoms with Crippen molar-refractivity contribution in [1.82, 2.24) is 4.90 Å². The molecule has 0 radical (unpaired) electrons. The van der Waals surface area contributed by atoms with E-state index in [9.17, 15) is 14.9 Å². The normalized spacial score (nSPS) is 11.4. The van der Waals surface area contributed by atoms with Gasteiger partial charge in [0.2, 0.25) is 5.91 Å². The highest BCUT2D eigenvalue weighted by Gasteiger charge is 2.21. The molecule has 0 heterocycles. The van der Waals surface area contributed by atoms with E-state index in [4.69, 9.17) is 4.74 Å². The van der Waals surface area contributed by atoms with Crippen LogP contribution in [0.2, 0.25) is 0 Å². The maximum Gasteiger partial charge on any atom is 0.310 e. The molecule has 0 saturated carbocycles. The van der Waals surface area contributed by atoms with Crippen molar-refractivity contribution in [1.29, 1.82) is 5.26 Å². The lowest BCUT2D eigenvalue weighted by molar-refractivity contribution is -0.146. The highest BCUT2D eigenvalue weighted by molar-refractivity contribution is 5.78. The Morgan fingerprint density at radius 3 is 2.45 bits per heavy atom. The van der Waals surface area contributed by atoms with Crippen LogP contribution in [0.15, 0.2) is 48.5 Å². The van der Waals surface area contributed by atoms with Gasteiger partial charge in [-0.05, 0) is 29.2 Å². The third-order valence-electron chi connectivity index (χ3n) is 4.88. The standard InChI is InChI=1S/C24H28N2O3/c1-4-5-10-23(27)26(16-18(2)24(28)29-3)17-19-11-13-20(14-12-19)22-9-7-6-8-21(22)15-25/h6-9,11-14,18H,4-5,10,16-17H2,1-3H3. The molecule has 0 spiro atoms. The number of methoxy groups -OCH3 is 1. The number of unbranched alkanes of at least 4 members (excludes halogenated alkanes) is 1. The number of rotatable bonds is 9. The second-order valence-corrected chi connectivity index (χ2v) is 7.16. The Balaban J connectivity index is 2.18. The van der Waals surface area contributed by atoms with E-state index >= 15 is 0 Å². The van der Waals surface area contributed by atoms with Crippen molar-refractivity contribution >= 4 is 11.9 Å². The Bertz CT molecular complexity index is 868. The quantitative estimate of drug-likeness (QED) is 0.587.